The molecule has 11 heteroatoms. The quantitative estimate of drug-likeness (QED) is 0.440. The van der Waals surface area contributed by atoms with Crippen LogP contribution in [0.25, 0.3) is 0 Å². The van der Waals surface area contributed by atoms with Crippen LogP contribution in [-0.4, -0.2) is 36.5 Å². The Balaban J connectivity index is 1.78. The predicted molar refractivity (Wildman–Crippen MR) is 77.6 cm³/mol. The Morgan fingerprint density at radius 3 is 1.92 bits per heavy atom. The van der Waals surface area contributed by atoms with E-state index in [1.807, 2.05) is 0 Å². The molecule has 0 amide bonds. The highest BCUT2D eigenvalue weighted by Gasteiger charge is 2.66. The van der Waals surface area contributed by atoms with Crippen LogP contribution in [0.4, 0.5) is 22.0 Å². The van der Waals surface area contributed by atoms with E-state index in [1.54, 1.807) is 0 Å². The van der Waals surface area contributed by atoms with Crippen LogP contribution >= 0.6 is 0 Å². The van der Waals surface area contributed by atoms with Gasteiger partial charge in [0.05, 0.1) is 5.92 Å². The topological polar surface area (TPSA) is 80.7 Å². The van der Waals surface area contributed by atoms with Gasteiger partial charge in [-0.25, -0.2) is 0 Å². The summed E-state index contributed by atoms with van der Waals surface area (Å²) in [6.45, 7) is 0. The summed E-state index contributed by atoms with van der Waals surface area (Å²) in [6.07, 6.45) is -5.95. The zero-order valence-corrected chi connectivity index (χ0v) is 14.4. The maximum atomic E-state index is 13.6. The maximum Gasteiger partial charge on any atom is 0.432 e. The first-order valence-corrected chi connectivity index (χ1v) is 9.85. The van der Waals surface area contributed by atoms with E-state index in [4.69, 9.17) is 4.55 Å². The molecule has 0 aromatic heterocycles. The first-order chi connectivity index (χ1) is 11.8. The van der Waals surface area contributed by atoms with Gasteiger partial charge in [-0.1, -0.05) is 0 Å². The van der Waals surface area contributed by atoms with E-state index in [0.717, 1.165) is 25.7 Å². The minimum absolute atomic E-state index is 0.134. The number of esters is 1. The average molecular weight is 406 g/mol. The van der Waals surface area contributed by atoms with Gasteiger partial charge in [0.1, 0.15) is 0 Å². The molecule has 0 saturated heterocycles. The highest BCUT2D eigenvalue weighted by molar-refractivity contribution is 7.86. The molecular formula is C15H19F5O5S. The zero-order valence-electron chi connectivity index (χ0n) is 13.6. The monoisotopic (exact) mass is 406 g/mol. The van der Waals surface area contributed by atoms with Crippen molar-refractivity contribution in [3.8, 4) is 0 Å². The van der Waals surface area contributed by atoms with Crippen molar-refractivity contribution in [1.82, 2.24) is 0 Å². The van der Waals surface area contributed by atoms with Crippen molar-refractivity contribution < 1.29 is 44.5 Å². The first kappa shape index (κ1) is 19.8. The molecule has 3 bridgehead atoms. The van der Waals surface area contributed by atoms with Crippen LogP contribution in [0.3, 0.4) is 0 Å². The number of halogens is 5. The lowest BCUT2D eigenvalue weighted by molar-refractivity contribution is -0.261. The predicted octanol–water partition coefficient (Wildman–Crippen LogP) is 3.40. The smallest absolute Gasteiger partial charge is 0.432 e. The molecule has 3 fully saturated rings. The summed E-state index contributed by atoms with van der Waals surface area (Å²) in [6, 6.07) is 0. The van der Waals surface area contributed by atoms with E-state index in [9.17, 15) is 35.2 Å². The minimum Gasteiger partial charge on any atom is -0.444 e. The molecule has 0 heterocycles. The number of rotatable bonds is 4. The van der Waals surface area contributed by atoms with E-state index in [2.05, 4.69) is 4.74 Å². The average Bonchev–Trinajstić information content (AvgIpc) is 2.67. The normalized spacial score (nSPS) is 35.8. The Bertz CT molecular complexity index is 674. The van der Waals surface area contributed by atoms with E-state index < -0.39 is 39.5 Å². The van der Waals surface area contributed by atoms with Crippen molar-refractivity contribution in [2.75, 3.05) is 0 Å². The van der Waals surface area contributed by atoms with Gasteiger partial charge in [-0.05, 0) is 62.2 Å². The van der Waals surface area contributed by atoms with Gasteiger partial charge in [-0.2, -0.15) is 30.4 Å². The highest BCUT2D eigenvalue weighted by Crippen LogP contribution is 2.55. The zero-order chi connectivity index (χ0) is 19.5. The van der Waals surface area contributed by atoms with Crippen molar-refractivity contribution >= 4 is 16.1 Å². The second-order valence-electron chi connectivity index (χ2n) is 7.76. The molecule has 0 radical (unpaired) electrons. The third kappa shape index (κ3) is 3.56. The summed E-state index contributed by atoms with van der Waals surface area (Å²) < 4.78 is 99.7. The molecular weight excluding hydrogens is 387 g/mol. The lowest BCUT2D eigenvalue weighted by atomic mass is 9.78. The van der Waals surface area contributed by atoms with Crippen LogP contribution in [0.5, 0.6) is 0 Å². The van der Waals surface area contributed by atoms with Crippen molar-refractivity contribution in [3.05, 3.63) is 0 Å². The second-order valence-corrected chi connectivity index (χ2v) is 9.25. The van der Waals surface area contributed by atoms with Gasteiger partial charge in [0.15, 0.2) is 0 Å². The molecule has 26 heavy (non-hydrogen) atoms. The molecule has 6 unspecified atom stereocenters. The number of carbonyl (C=O) groups is 1. The molecule has 0 aromatic rings. The van der Waals surface area contributed by atoms with Gasteiger partial charge >= 0.3 is 27.5 Å². The summed E-state index contributed by atoms with van der Waals surface area (Å²) >= 11 is 0. The van der Waals surface area contributed by atoms with Crippen molar-refractivity contribution in [1.29, 1.82) is 0 Å². The van der Waals surface area contributed by atoms with E-state index in [0.29, 0.717) is 11.8 Å². The molecule has 0 aromatic carbocycles. The van der Waals surface area contributed by atoms with E-state index >= 15 is 0 Å². The van der Waals surface area contributed by atoms with Crippen LogP contribution in [0.2, 0.25) is 0 Å². The second kappa shape index (κ2) is 6.29. The molecule has 3 rings (SSSR count). The van der Waals surface area contributed by atoms with E-state index in [1.165, 1.54) is 0 Å². The number of carbonyl (C=O) groups excluding carboxylic acids is 1. The van der Waals surface area contributed by atoms with Gasteiger partial charge in [0, 0.05) is 0 Å². The SMILES string of the molecule is O=C(OC(C(F)(F)F)C(F)(F)S(=O)(=O)O)C1CC2CC3CC(C2)C(C3)C1. The first-order valence-electron chi connectivity index (χ1n) is 8.41. The summed E-state index contributed by atoms with van der Waals surface area (Å²) in [5.41, 5.74) is 0. The fourth-order valence-electron chi connectivity index (χ4n) is 5.03. The van der Waals surface area contributed by atoms with Crippen LogP contribution in [0.15, 0.2) is 0 Å². The third-order valence-electron chi connectivity index (χ3n) is 5.96. The molecule has 3 aliphatic carbocycles. The van der Waals surface area contributed by atoms with E-state index in [-0.39, 0.29) is 24.7 Å². The Morgan fingerprint density at radius 1 is 0.923 bits per heavy atom. The molecule has 3 saturated carbocycles. The Morgan fingerprint density at radius 2 is 1.42 bits per heavy atom. The maximum absolute atomic E-state index is 13.6. The van der Waals surface area contributed by atoms with Gasteiger partial charge < -0.3 is 4.74 Å². The number of alkyl halides is 5. The van der Waals surface area contributed by atoms with Crippen LogP contribution < -0.4 is 0 Å². The number of hydrogen-bond donors (Lipinski definition) is 1. The Kier molecular flexibility index (Phi) is 4.78. The van der Waals surface area contributed by atoms with Crippen LogP contribution in [0.1, 0.15) is 38.5 Å². The fraction of sp³-hybridized carbons (Fsp3) is 0.933. The minimum atomic E-state index is -6.42. The summed E-state index contributed by atoms with van der Waals surface area (Å²) in [5, 5.41) is -5.68. The summed E-state index contributed by atoms with van der Waals surface area (Å²) in [7, 11) is -6.42. The molecule has 5 nitrogen and oxygen atoms in total. The van der Waals surface area contributed by atoms with Gasteiger partial charge in [-0.3, -0.25) is 9.35 Å². The van der Waals surface area contributed by atoms with Gasteiger partial charge in [0.25, 0.3) is 6.10 Å². The number of fused-ring (bicyclic) bond motifs is 2. The highest BCUT2D eigenvalue weighted by atomic mass is 32.2. The van der Waals surface area contributed by atoms with Gasteiger partial charge in [0.2, 0.25) is 0 Å². The largest absolute Gasteiger partial charge is 0.444 e. The van der Waals surface area contributed by atoms with Gasteiger partial charge in [-0.15, -0.1) is 0 Å². The number of ether oxygens (including phenoxy) is 1. The van der Waals surface area contributed by atoms with Crippen LogP contribution in [0, 0.1) is 29.6 Å². The van der Waals surface area contributed by atoms with Crippen molar-refractivity contribution in [2.24, 2.45) is 29.6 Å². The summed E-state index contributed by atoms with van der Waals surface area (Å²) in [5.74, 6) is -1.23. The Hall–Kier alpha value is -0.970. The number of hydrogen-bond acceptors (Lipinski definition) is 4. The lowest BCUT2D eigenvalue weighted by Crippen LogP contribution is -2.52. The molecule has 3 aliphatic rings. The molecule has 0 aliphatic heterocycles. The Labute approximate surface area is 147 Å². The molecule has 6 atom stereocenters. The van der Waals surface area contributed by atoms with Crippen LogP contribution in [-0.2, 0) is 19.6 Å². The standard InChI is InChI=1S/C15H19F5O5S/c16-14(17,18)13(15(19,20)26(22,23)24)25-12(21)11-5-8-1-7-2-9(3-8)10(4-7)6-11/h7-11,13H,1-6H2,(H,22,23,24). The molecule has 0 spiro atoms. The molecule has 150 valence electrons. The van der Waals surface area contributed by atoms with Crippen molar-refractivity contribution in [3.63, 3.8) is 0 Å². The molecule has 1 N–H and O–H groups in total. The van der Waals surface area contributed by atoms with Crippen molar-refractivity contribution in [2.45, 2.75) is 56.1 Å². The fourth-order valence-corrected chi connectivity index (χ4v) is 5.48. The lowest BCUT2D eigenvalue weighted by Gasteiger charge is -2.30. The summed E-state index contributed by atoms with van der Waals surface area (Å²) in [4.78, 5) is 12.2. The third-order valence-corrected chi connectivity index (χ3v) is 6.86.